The molecule has 13 heteroatoms. The Morgan fingerprint density at radius 1 is 1.00 bits per heavy atom. The highest BCUT2D eigenvalue weighted by Gasteiger charge is 2.33. The van der Waals surface area contributed by atoms with E-state index in [0.717, 1.165) is 30.1 Å². The van der Waals surface area contributed by atoms with Crippen LogP contribution in [0.4, 0.5) is 36.2 Å². The Hall–Kier alpha value is -4.29. The summed E-state index contributed by atoms with van der Waals surface area (Å²) in [6, 6.07) is 14.2. The molecule has 0 atom stereocenters. The SMILES string of the molecule is Cl.O=C(Nc1ccc2cn[nH]c2c1)c1cc2[nH]c(Nc3ccccc3C(F)(F)F)nc2cc1N1CCNCC1. The van der Waals surface area contributed by atoms with Gasteiger partial charge in [-0.2, -0.15) is 18.3 Å². The first kappa shape index (κ1) is 26.3. The third-order valence-corrected chi connectivity index (χ3v) is 6.49. The van der Waals surface area contributed by atoms with Crippen molar-refractivity contribution in [3.8, 4) is 0 Å². The van der Waals surface area contributed by atoms with Crippen molar-refractivity contribution in [3.05, 3.63) is 71.9 Å². The Morgan fingerprint density at radius 2 is 1.79 bits per heavy atom. The molecule has 0 unspecified atom stereocenters. The second-order valence-electron chi connectivity index (χ2n) is 9.00. The zero-order valence-corrected chi connectivity index (χ0v) is 21.2. The van der Waals surface area contributed by atoms with Crippen LogP contribution in [0, 0.1) is 0 Å². The minimum atomic E-state index is -4.52. The lowest BCUT2D eigenvalue weighted by Crippen LogP contribution is -2.44. The number of alkyl halides is 3. The number of aromatic amines is 2. The standard InChI is InChI=1S/C26H23F3N8O.ClH/c27-26(28,29)18-3-1-2-4-19(18)33-25-34-21-12-17(23(13-22(21)35-25)37-9-7-30-8-10-37)24(38)32-16-6-5-15-14-31-36-20(15)11-16;/h1-6,11-14,30H,7-10H2,(H,31,36)(H,32,38)(H2,33,34,35);1H. The van der Waals surface area contributed by atoms with Crippen molar-refractivity contribution in [2.24, 2.45) is 0 Å². The lowest BCUT2D eigenvalue weighted by Gasteiger charge is -2.30. The number of aromatic nitrogens is 4. The molecule has 2 aromatic heterocycles. The lowest BCUT2D eigenvalue weighted by molar-refractivity contribution is -0.136. The number of carbonyl (C=O) groups is 1. The molecule has 39 heavy (non-hydrogen) atoms. The average molecular weight is 557 g/mol. The Kier molecular flexibility index (Phi) is 7.06. The second kappa shape index (κ2) is 10.5. The number of anilines is 4. The number of halogens is 4. The molecule has 3 aromatic carbocycles. The van der Waals surface area contributed by atoms with Gasteiger partial charge in [-0.15, -0.1) is 12.4 Å². The van der Waals surface area contributed by atoms with Gasteiger partial charge in [-0.1, -0.05) is 12.1 Å². The van der Waals surface area contributed by atoms with Gasteiger partial charge in [0.15, 0.2) is 0 Å². The molecule has 1 saturated heterocycles. The first-order chi connectivity index (χ1) is 18.3. The molecule has 6 rings (SSSR count). The molecule has 3 heterocycles. The molecule has 0 saturated carbocycles. The first-order valence-corrected chi connectivity index (χ1v) is 12.0. The summed E-state index contributed by atoms with van der Waals surface area (Å²) >= 11 is 0. The van der Waals surface area contributed by atoms with E-state index in [-0.39, 0.29) is 29.9 Å². The maximum atomic E-state index is 13.5. The molecular weight excluding hydrogens is 533 g/mol. The molecule has 1 fully saturated rings. The van der Waals surface area contributed by atoms with E-state index >= 15 is 0 Å². The van der Waals surface area contributed by atoms with Crippen molar-refractivity contribution in [1.29, 1.82) is 0 Å². The molecule has 9 nitrogen and oxygen atoms in total. The van der Waals surface area contributed by atoms with Gasteiger partial charge in [0.2, 0.25) is 5.95 Å². The van der Waals surface area contributed by atoms with Crippen LogP contribution in [0.3, 0.4) is 0 Å². The van der Waals surface area contributed by atoms with Gasteiger partial charge in [0.1, 0.15) is 0 Å². The summed E-state index contributed by atoms with van der Waals surface area (Å²) in [7, 11) is 0. The number of imidazole rings is 1. The number of carbonyl (C=O) groups excluding carboxylic acids is 1. The van der Waals surface area contributed by atoms with Gasteiger partial charge in [-0.3, -0.25) is 9.89 Å². The van der Waals surface area contributed by atoms with Crippen LogP contribution in [0.5, 0.6) is 0 Å². The number of nitrogens with one attached hydrogen (secondary N) is 5. The molecule has 0 aliphatic carbocycles. The molecule has 1 aliphatic heterocycles. The number of nitrogens with zero attached hydrogens (tertiary/aromatic N) is 3. The molecule has 5 N–H and O–H groups in total. The van der Waals surface area contributed by atoms with Gasteiger partial charge in [0, 0.05) is 37.3 Å². The lowest BCUT2D eigenvalue weighted by atomic mass is 10.1. The number of amides is 1. The van der Waals surface area contributed by atoms with E-state index in [1.165, 1.54) is 18.2 Å². The normalized spacial score (nSPS) is 13.9. The van der Waals surface area contributed by atoms with Gasteiger partial charge in [-0.05, 0) is 42.5 Å². The van der Waals surface area contributed by atoms with Gasteiger partial charge in [-0.25, -0.2) is 4.98 Å². The quantitative estimate of drug-likeness (QED) is 0.201. The molecule has 0 radical (unpaired) electrons. The van der Waals surface area contributed by atoms with E-state index in [4.69, 9.17) is 0 Å². The van der Waals surface area contributed by atoms with Gasteiger partial charge < -0.3 is 25.8 Å². The molecule has 202 valence electrons. The zero-order valence-electron chi connectivity index (χ0n) is 20.4. The molecule has 1 aliphatic rings. The Labute approximate surface area is 226 Å². The van der Waals surface area contributed by atoms with Crippen LogP contribution in [-0.4, -0.2) is 52.3 Å². The monoisotopic (exact) mass is 556 g/mol. The fraction of sp³-hybridized carbons (Fsp3) is 0.192. The van der Waals surface area contributed by atoms with Crippen LogP contribution < -0.4 is 20.9 Å². The molecular formula is C26H24ClF3N8O. The fourth-order valence-corrected chi connectivity index (χ4v) is 4.63. The van der Waals surface area contributed by atoms with E-state index in [9.17, 15) is 18.0 Å². The molecule has 0 spiro atoms. The van der Waals surface area contributed by atoms with E-state index in [1.807, 2.05) is 6.07 Å². The summed E-state index contributed by atoms with van der Waals surface area (Å²) in [5.41, 5.74) is 2.66. The fourth-order valence-electron chi connectivity index (χ4n) is 4.63. The van der Waals surface area contributed by atoms with E-state index in [1.54, 1.807) is 30.5 Å². The number of fused-ring (bicyclic) bond motifs is 2. The average Bonchev–Trinajstić information content (AvgIpc) is 3.53. The number of H-pyrrole nitrogens is 2. The number of benzene rings is 3. The number of hydrogen-bond donors (Lipinski definition) is 5. The molecule has 1 amide bonds. The minimum Gasteiger partial charge on any atom is -0.368 e. The predicted molar refractivity (Wildman–Crippen MR) is 147 cm³/mol. The largest absolute Gasteiger partial charge is 0.418 e. The van der Waals surface area contributed by atoms with Crippen LogP contribution in [0.25, 0.3) is 21.9 Å². The predicted octanol–water partition coefficient (Wildman–Crippen LogP) is 5.29. The van der Waals surface area contributed by atoms with Crippen molar-refractivity contribution in [3.63, 3.8) is 0 Å². The summed E-state index contributed by atoms with van der Waals surface area (Å²) in [5, 5.41) is 16.8. The summed E-state index contributed by atoms with van der Waals surface area (Å²) in [6.45, 7) is 2.91. The summed E-state index contributed by atoms with van der Waals surface area (Å²) in [4.78, 5) is 23.1. The van der Waals surface area contributed by atoms with Gasteiger partial charge >= 0.3 is 6.18 Å². The van der Waals surface area contributed by atoms with E-state index in [2.05, 4.69) is 41.0 Å². The summed E-state index contributed by atoms with van der Waals surface area (Å²) in [5.74, 6) is -0.170. The maximum absolute atomic E-state index is 13.5. The highest BCUT2D eigenvalue weighted by atomic mass is 35.5. The van der Waals surface area contributed by atoms with Crippen molar-refractivity contribution < 1.29 is 18.0 Å². The van der Waals surface area contributed by atoms with Crippen LogP contribution >= 0.6 is 12.4 Å². The van der Waals surface area contributed by atoms with Crippen LogP contribution in [-0.2, 0) is 6.18 Å². The van der Waals surface area contributed by atoms with Crippen molar-refractivity contribution >= 4 is 63.3 Å². The smallest absolute Gasteiger partial charge is 0.368 e. The minimum absolute atomic E-state index is 0. The van der Waals surface area contributed by atoms with Crippen molar-refractivity contribution in [1.82, 2.24) is 25.5 Å². The summed E-state index contributed by atoms with van der Waals surface area (Å²) < 4.78 is 40.4. The zero-order chi connectivity index (χ0) is 26.3. The number of hydrogen-bond acceptors (Lipinski definition) is 6. The Bertz CT molecular complexity index is 1640. The molecule has 0 bridgehead atoms. The number of para-hydroxylation sites is 1. The maximum Gasteiger partial charge on any atom is 0.418 e. The highest BCUT2D eigenvalue weighted by Crippen LogP contribution is 2.36. The highest BCUT2D eigenvalue weighted by molar-refractivity contribution is 6.11. The Balaban J connectivity index is 0.00000308. The van der Waals surface area contributed by atoms with Crippen LogP contribution in [0.15, 0.2) is 60.8 Å². The third kappa shape index (κ3) is 5.33. The van der Waals surface area contributed by atoms with Crippen molar-refractivity contribution in [2.75, 3.05) is 41.7 Å². The van der Waals surface area contributed by atoms with E-state index < -0.39 is 11.7 Å². The third-order valence-electron chi connectivity index (χ3n) is 6.49. The Morgan fingerprint density at radius 3 is 2.59 bits per heavy atom. The summed E-state index contributed by atoms with van der Waals surface area (Å²) in [6.07, 6.45) is -2.82. The molecule has 5 aromatic rings. The van der Waals surface area contributed by atoms with E-state index in [0.29, 0.717) is 41.1 Å². The van der Waals surface area contributed by atoms with Crippen molar-refractivity contribution in [2.45, 2.75) is 6.18 Å². The van der Waals surface area contributed by atoms with Crippen LogP contribution in [0.2, 0.25) is 0 Å². The topological polar surface area (TPSA) is 114 Å². The first-order valence-electron chi connectivity index (χ1n) is 12.0. The van der Waals surface area contributed by atoms with Crippen LogP contribution in [0.1, 0.15) is 15.9 Å². The number of rotatable bonds is 5. The van der Waals surface area contributed by atoms with Gasteiger partial charge in [0.25, 0.3) is 5.91 Å². The van der Waals surface area contributed by atoms with Gasteiger partial charge in [0.05, 0.1) is 45.2 Å². The number of piperazine rings is 1. The second-order valence-corrected chi connectivity index (χ2v) is 9.00.